The van der Waals surface area contributed by atoms with Gasteiger partial charge in [-0.2, -0.15) is 0 Å². The Labute approximate surface area is 116 Å². The first-order valence-electron chi connectivity index (χ1n) is 6.43. The average Bonchev–Trinajstić information content (AvgIpc) is 3.08. The van der Waals surface area contributed by atoms with Crippen LogP contribution in [0.25, 0.3) is 11.0 Å². The molecule has 0 spiro atoms. The van der Waals surface area contributed by atoms with Crippen LogP contribution in [0.2, 0.25) is 0 Å². The average molecular weight is 297 g/mol. The van der Waals surface area contributed by atoms with E-state index in [4.69, 9.17) is 4.74 Å². The van der Waals surface area contributed by atoms with E-state index in [1.165, 1.54) is 6.07 Å². The molecule has 0 unspecified atom stereocenters. The Kier molecular flexibility index (Phi) is 3.45. The van der Waals surface area contributed by atoms with Gasteiger partial charge in [-0.15, -0.1) is 0 Å². The van der Waals surface area contributed by atoms with Crippen LogP contribution in [0.1, 0.15) is 19.8 Å². The predicted molar refractivity (Wildman–Crippen MR) is 70.6 cm³/mol. The summed E-state index contributed by atoms with van der Waals surface area (Å²) in [5, 5.41) is 7.30. The van der Waals surface area contributed by atoms with Crippen LogP contribution in [-0.2, 0) is 14.8 Å². The van der Waals surface area contributed by atoms with Crippen molar-refractivity contribution in [3.8, 4) is 0 Å². The Bertz CT molecular complexity index is 706. The second kappa shape index (κ2) is 5.12. The summed E-state index contributed by atoms with van der Waals surface area (Å²) in [6.07, 6.45) is 1.73. The highest BCUT2D eigenvalue weighted by Crippen LogP contribution is 2.21. The zero-order chi connectivity index (χ0) is 14.2. The molecule has 1 aromatic heterocycles. The number of rotatable bonds is 4. The van der Waals surface area contributed by atoms with Gasteiger partial charge in [0.15, 0.2) is 5.52 Å². The molecule has 0 amide bonds. The first kappa shape index (κ1) is 13.5. The summed E-state index contributed by atoms with van der Waals surface area (Å²) < 4.78 is 37.6. The molecule has 2 atom stereocenters. The minimum absolute atomic E-state index is 0.0705. The van der Waals surface area contributed by atoms with Crippen molar-refractivity contribution < 1.29 is 17.8 Å². The Morgan fingerprint density at radius 2 is 2.25 bits per heavy atom. The largest absolute Gasteiger partial charge is 0.377 e. The number of benzene rings is 1. The van der Waals surface area contributed by atoms with Crippen LogP contribution in [-0.4, -0.2) is 37.5 Å². The summed E-state index contributed by atoms with van der Waals surface area (Å²) in [4.78, 5) is 0.0705. The fraction of sp³-hybridized carbons (Fsp3) is 0.500. The summed E-state index contributed by atoms with van der Waals surface area (Å²) in [5.74, 6) is 0. The highest BCUT2D eigenvalue weighted by atomic mass is 32.2. The Morgan fingerprint density at radius 1 is 1.40 bits per heavy atom. The van der Waals surface area contributed by atoms with E-state index in [-0.39, 0.29) is 22.6 Å². The molecule has 0 aliphatic carbocycles. The topological polar surface area (TPSA) is 94.3 Å². The zero-order valence-corrected chi connectivity index (χ0v) is 11.8. The molecule has 2 heterocycles. The SMILES string of the molecule is C[C@H](NS(=O)(=O)c1cccc2nonc12)[C@H]1CCCO1. The first-order chi connectivity index (χ1) is 9.58. The van der Waals surface area contributed by atoms with Crippen LogP contribution in [0.3, 0.4) is 0 Å². The maximum absolute atomic E-state index is 12.4. The van der Waals surface area contributed by atoms with Gasteiger partial charge in [0.1, 0.15) is 10.4 Å². The molecule has 1 fully saturated rings. The standard InChI is InChI=1S/C12H15N3O4S/c1-8(10-5-3-7-18-10)15-20(16,17)11-6-2-4-9-12(11)14-19-13-9/h2,4,6,8,10,15H,3,5,7H2,1H3/t8-,10+/m0/s1. The van der Waals surface area contributed by atoms with E-state index in [9.17, 15) is 8.42 Å². The Hall–Kier alpha value is -1.51. The molecule has 108 valence electrons. The minimum Gasteiger partial charge on any atom is -0.377 e. The van der Waals surface area contributed by atoms with Gasteiger partial charge in [0.05, 0.1) is 6.10 Å². The smallest absolute Gasteiger partial charge is 0.243 e. The van der Waals surface area contributed by atoms with Crippen molar-refractivity contribution in [3.05, 3.63) is 18.2 Å². The minimum atomic E-state index is -3.69. The summed E-state index contributed by atoms with van der Waals surface area (Å²) in [5.41, 5.74) is 0.650. The van der Waals surface area contributed by atoms with Gasteiger partial charge in [-0.05, 0) is 42.2 Å². The zero-order valence-electron chi connectivity index (χ0n) is 10.9. The van der Waals surface area contributed by atoms with Crippen molar-refractivity contribution in [1.82, 2.24) is 15.0 Å². The third kappa shape index (κ3) is 2.41. The molecule has 8 heteroatoms. The molecular formula is C12H15N3O4S. The molecule has 0 bridgehead atoms. The number of nitrogens with one attached hydrogen (secondary N) is 1. The predicted octanol–water partition coefficient (Wildman–Crippen LogP) is 1.07. The van der Waals surface area contributed by atoms with Gasteiger partial charge >= 0.3 is 0 Å². The molecule has 2 aromatic rings. The number of ether oxygens (including phenoxy) is 1. The normalized spacial score (nSPS) is 21.4. The lowest BCUT2D eigenvalue weighted by molar-refractivity contribution is 0.0902. The number of nitrogens with zero attached hydrogens (tertiary/aromatic N) is 2. The van der Waals surface area contributed by atoms with E-state index in [1.54, 1.807) is 19.1 Å². The van der Waals surface area contributed by atoms with Gasteiger partial charge in [-0.3, -0.25) is 0 Å². The molecule has 1 aromatic carbocycles. The number of fused-ring (bicyclic) bond motifs is 1. The molecule has 1 saturated heterocycles. The van der Waals surface area contributed by atoms with Crippen LogP contribution < -0.4 is 4.72 Å². The summed E-state index contributed by atoms with van der Waals surface area (Å²) in [6, 6.07) is 4.45. The second-order valence-corrected chi connectivity index (χ2v) is 6.53. The highest BCUT2D eigenvalue weighted by Gasteiger charge is 2.28. The highest BCUT2D eigenvalue weighted by molar-refractivity contribution is 7.89. The van der Waals surface area contributed by atoms with Crippen molar-refractivity contribution in [2.24, 2.45) is 0 Å². The van der Waals surface area contributed by atoms with Crippen molar-refractivity contribution >= 4 is 21.1 Å². The molecule has 1 aliphatic rings. The quantitative estimate of drug-likeness (QED) is 0.907. The molecule has 0 radical (unpaired) electrons. The van der Waals surface area contributed by atoms with Crippen LogP contribution in [0.5, 0.6) is 0 Å². The Balaban J connectivity index is 1.89. The monoisotopic (exact) mass is 297 g/mol. The van der Waals surface area contributed by atoms with E-state index < -0.39 is 10.0 Å². The van der Waals surface area contributed by atoms with Gasteiger partial charge in [0, 0.05) is 12.6 Å². The maximum atomic E-state index is 12.4. The lowest BCUT2D eigenvalue weighted by atomic mass is 10.1. The summed E-state index contributed by atoms with van der Waals surface area (Å²) in [6.45, 7) is 2.48. The van der Waals surface area contributed by atoms with Crippen molar-refractivity contribution in [1.29, 1.82) is 0 Å². The summed E-state index contributed by atoms with van der Waals surface area (Å²) in [7, 11) is -3.69. The van der Waals surface area contributed by atoms with Crippen molar-refractivity contribution in [3.63, 3.8) is 0 Å². The van der Waals surface area contributed by atoms with Crippen LogP contribution >= 0.6 is 0 Å². The molecule has 1 aliphatic heterocycles. The van der Waals surface area contributed by atoms with E-state index >= 15 is 0 Å². The fourth-order valence-electron chi connectivity index (χ4n) is 2.38. The lowest BCUT2D eigenvalue weighted by Crippen LogP contribution is -2.40. The number of sulfonamides is 1. The maximum Gasteiger partial charge on any atom is 0.243 e. The van der Waals surface area contributed by atoms with E-state index in [0.717, 1.165) is 12.8 Å². The van der Waals surface area contributed by atoms with E-state index in [1.807, 2.05) is 0 Å². The van der Waals surface area contributed by atoms with Gasteiger partial charge in [0.25, 0.3) is 0 Å². The van der Waals surface area contributed by atoms with Crippen molar-refractivity contribution in [2.75, 3.05) is 6.61 Å². The molecular weight excluding hydrogens is 282 g/mol. The van der Waals surface area contributed by atoms with Crippen LogP contribution in [0, 0.1) is 0 Å². The number of hydrogen-bond donors (Lipinski definition) is 1. The van der Waals surface area contributed by atoms with Gasteiger partial charge < -0.3 is 4.74 Å². The first-order valence-corrected chi connectivity index (χ1v) is 7.91. The van der Waals surface area contributed by atoms with E-state index in [2.05, 4.69) is 19.7 Å². The molecule has 7 nitrogen and oxygen atoms in total. The lowest BCUT2D eigenvalue weighted by Gasteiger charge is -2.19. The van der Waals surface area contributed by atoms with Gasteiger partial charge in [-0.1, -0.05) is 6.07 Å². The third-order valence-electron chi connectivity index (χ3n) is 3.40. The molecule has 20 heavy (non-hydrogen) atoms. The van der Waals surface area contributed by atoms with Crippen molar-refractivity contribution in [2.45, 2.75) is 36.8 Å². The van der Waals surface area contributed by atoms with E-state index in [0.29, 0.717) is 12.1 Å². The number of aromatic nitrogens is 2. The second-order valence-electron chi connectivity index (χ2n) is 4.85. The molecule has 0 saturated carbocycles. The van der Waals surface area contributed by atoms with Gasteiger partial charge in [-0.25, -0.2) is 17.8 Å². The van der Waals surface area contributed by atoms with Crippen LogP contribution in [0.4, 0.5) is 0 Å². The third-order valence-corrected chi connectivity index (χ3v) is 4.99. The number of hydrogen-bond acceptors (Lipinski definition) is 6. The van der Waals surface area contributed by atoms with Crippen LogP contribution in [0.15, 0.2) is 27.7 Å². The summed E-state index contributed by atoms with van der Waals surface area (Å²) >= 11 is 0. The fourth-order valence-corrected chi connectivity index (χ4v) is 3.80. The molecule has 1 N–H and O–H groups in total. The Morgan fingerprint density at radius 3 is 3.00 bits per heavy atom. The van der Waals surface area contributed by atoms with Gasteiger partial charge in [0.2, 0.25) is 10.0 Å². The molecule has 3 rings (SSSR count).